The number of benzene rings is 1. The highest BCUT2D eigenvalue weighted by molar-refractivity contribution is 5.43. The average molecular weight is 293 g/mol. The predicted octanol–water partition coefficient (Wildman–Crippen LogP) is 3.14. The summed E-state index contributed by atoms with van der Waals surface area (Å²) in [6, 6.07) is 6.83. The first kappa shape index (κ1) is 16.1. The smallest absolute Gasteiger partial charge is 0.161 e. The maximum atomic E-state index is 5.73. The lowest BCUT2D eigenvalue weighted by Gasteiger charge is -2.12. The van der Waals surface area contributed by atoms with E-state index in [1.54, 1.807) is 7.11 Å². The number of methoxy groups -OCH3 is 1. The number of nitrogens with one attached hydrogen (secondary N) is 1. The molecule has 2 rings (SSSR count). The Labute approximate surface area is 127 Å². The molecule has 0 aromatic heterocycles. The van der Waals surface area contributed by atoms with Crippen LogP contribution in [0.25, 0.3) is 0 Å². The summed E-state index contributed by atoms with van der Waals surface area (Å²) in [6.07, 6.45) is 4.86. The normalized spacial score (nSPS) is 14.2. The lowest BCUT2D eigenvalue weighted by Crippen LogP contribution is -2.15. The van der Waals surface area contributed by atoms with Crippen molar-refractivity contribution in [2.24, 2.45) is 0 Å². The third-order valence-electron chi connectivity index (χ3n) is 3.53. The molecule has 0 spiro atoms. The van der Waals surface area contributed by atoms with Crippen LogP contribution in [0.2, 0.25) is 0 Å². The highest BCUT2D eigenvalue weighted by Crippen LogP contribution is 2.28. The lowest BCUT2D eigenvalue weighted by atomic mass is 10.2. The molecule has 1 aliphatic carbocycles. The summed E-state index contributed by atoms with van der Waals surface area (Å²) >= 11 is 0. The zero-order valence-corrected chi connectivity index (χ0v) is 13.2. The summed E-state index contributed by atoms with van der Waals surface area (Å²) < 4.78 is 16.6. The van der Waals surface area contributed by atoms with Gasteiger partial charge in [0.15, 0.2) is 11.5 Å². The van der Waals surface area contributed by atoms with E-state index in [-0.39, 0.29) is 0 Å². The van der Waals surface area contributed by atoms with Crippen molar-refractivity contribution in [3.8, 4) is 11.5 Å². The van der Waals surface area contributed by atoms with Crippen LogP contribution in [-0.4, -0.2) is 33.0 Å². The van der Waals surface area contributed by atoms with Crippen molar-refractivity contribution in [2.75, 3.05) is 26.9 Å². The van der Waals surface area contributed by atoms with Crippen LogP contribution in [0, 0.1) is 0 Å². The Morgan fingerprint density at radius 3 is 2.71 bits per heavy atom. The van der Waals surface area contributed by atoms with Gasteiger partial charge >= 0.3 is 0 Å². The second-order valence-corrected chi connectivity index (χ2v) is 5.45. The minimum atomic E-state index is 0.555. The minimum absolute atomic E-state index is 0.555. The fourth-order valence-electron chi connectivity index (χ4n) is 2.05. The van der Waals surface area contributed by atoms with Crippen LogP contribution in [0.4, 0.5) is 0 Å². The molecule has 0 aliphatic heterocycles. The van der Waals surface area contributed by atoms with Crippen molar-refractivity contribution >= 4 is 0 Å². The van der Waals surface area contributed by atoms with E-state index in [0.717, 1.165) is 37.5 Å². The Bertz CT molecular complexity index is 418. The number of unbranched alkanes of at least 4 members (excludes halogenated alkanes) is 1. The van der Waals surface area contributed by atoms with Crippen LogP contribution in [0.1, 0.15) is 38.2 Å². The topological polar surface area (TPSA) is 39.7 Å². The Morgan fingerprint density at radius 1 is 1.14 bits per heavy atom. The van der Waals surface area contributed by atoms with Crippen molar-refractivity contribution in [1.82, 2.24) is 5.32 Å². The Kier molecular flexibility index (Phi) is 6.83. The van der Waals surface area contributed by atoms with E-state index in [0.29, 0.717) is 19.3 Å². The van der Waals surface area contributed by atoms with Crippen LogP contribution >= 0.6 is 0 Å². The van der Waals surface area contributed by atoms with Gasteiger partial charge in [0, 0.05) is 19.2 Å². The van der Waals surface area contributed by atoms with Gasteiger partial charge < -0.3 is 19.5 Å². The lowest BCUT2D eigenvalue weighted by molar-refractivity contribution is 0.0970. The molecule has 1 aromatic rings. The van der Waals surface area contributed by atoms with Gasteiger partial charge in [0.05, 0.1) is 13.7 Å². The molecule has 1 N–H and O–H groups in total. The fourth-order valence-corrected chi connectivity index (χ4v) is 2.05. The number of rotatable bonds is 11. The summed E-state index contributed by atoms with van der Waals surface area (Å²) in [7, 11) is 1.68. The monoisotopic (exact) mass is 293 g/mol. The van der Waals surface area contributed by atoms with E-state index in [4.69, 9.17) is 14.2 Å². The van der Waals surface area contributed by atoms with Gasteiger partial charge in [-0.2, -0.15) is 0 Å². The average Bonchev–Trinajstić information content (AvgIpc) is 3.33. The molecule has 0 bridgehead atoms. The van der Waals surface area contributed by atoms with E-state index in [9.17, 15) is 0 Å². The SMILES string of the molecule is CCCCOCCOc1ccc(CNC2CC2)cc1OC. The Hall–Kier alpha value is -1.26. The van der Waals surface area contributed by atoms with E-state index in [2.05, 4.69) is 18.3 Å². The van der Waals surface area contributed by atoms with Crippen LogP contribution in [0.3, 0.4) is 0 Å². The molecular weight excluding hydrogens is 266 g/mol. The Morgan fingerprint density at radius 2 is 2.00 bits per heavy atom. The number of ether oxygens (including phenoxy) is 3. The number of hydrogen-bond donors (Lipinski definition) is 1. The molecule has 0 unspecified atom stereocenters. The van der Waals surface area contributed by atoms with Crippen LogP contribution in [0.15, 0.2) is 18.2 Å². The van der Waals surface area contributed by atoms with E-state index in [1.165, 1.54) is 18.4 Å². The van der Waals surface area contributed by atoms with Gasteiger partial charge in [0.1, 0.15) is 6.61 Å². The highest BCUT2D eigenvalue weighted by atomic mass is 16.5. The first-order chi connectivity index (χ1) is 10.3. The summed E-state index contributed by atoms with van der Waals surface area (Å²) in [6.45, 7) is 5.03. The first-order valence-corrected chi connectivity index (χ1v) is 7.94. The summed E-state index contributed by atoms with van der Waals surface area (Å²) in [5, 5.41) is 3.50. The molecule has 0 saturated heterocycles. The largest absolute Gasteiger partial charge is 0.493 e. The maximum Gasteiger partial charge on any atom is 0.161 e. The second-order valence-electron chi connectivity index (χ2n) is 5.45. The molecule has 0 amide bonds. The van der Waals surface area contributed by atoms with Crippen molar-refractivity contribution in [2.45, 2.75) is 45.2 Å². The maximum absolute atomic E-state index is 5.73. The predicted molar refractivity (Wildman–Crippen MR) is 84.1 cm³/mol. The molecule has 1 saturated carbocycles. The second kappa shape index (κ2) is 8.90. The van der Waals surface area contributed by atoms with Crippen molar-refractivity contribution in [3.63, 3.8) is 0 Å². The van der Waals surface area contributed by atoms with Crippen molar-refractivity contribution in [3.05, 3.63) is 23.8 Å². The molecule has 1 aromatic carbocycles. The highest BCUT2D eigenvalue weighted by Gasteiger charge is 2.20. The molecule has 1 fully saturated rings. The Balaban J connectivity index is 1.75. The molecule has 0 atom stereocenters. The van der Waals surface area contributed by atoms with Crippen molar-refractivity contribution < 1.29 is 14.2 Å². The van der Waals surface area contributed by atoms with Gasteiger partial charge in [-0.1, -0.05) is 19.4 Å². The minimum Gasteiger partial charge on any atom is -0.493 e. The van der Waals surface area contributed by atoms with Gasteiger partial charge in [0.2, 0.25) is 0 Å². The van der Waals surface area contributed by atoms with Crippen LogP contribution in [-0.2, 0) is 11.3 Å². The molecule has 4 heteroatoms. The molecule has 4 nitrogen and oxygen atoms in total. The van der Waals surface area contributed by atoms with Gasteiger partial charge in [0.25, 0.3) is 0 Å². The van der Waals surface area contributed by atoms with Crippen LogP contribution in [0.5, 0.6) is 11.5 Å². The van der Waals surface area contributed by atoms with E-state index < -0.39 is 0 Å². The molecular formula is C17H27NO3. The van der Waals surface area contributed by atoms with Gasteiger partial charge in [-0.15, -0.1) is 0 Å². The van der Waals surface area contributed by atoms with Gasteiger partial charge in [-0.3, -0.25) is 0 Å². The third-order valence-corrected chi connectivity index (χ3v) is 3.53. The molecule has 0 radical (unpaired) electrons. The molecule has 21 heavy (non-hydrogen) atoms. The standard InChI is InChI=1S/C17H27NO3/c1-3-4-9-20-10-11-21-16-8-5-14(12-17(16)19-2)13-18-15-6-7-15/h5,8,12,15,18H,3-4,6-7,9-11,13H2,1-2H3. The third kappa shape index (κ3) is 5.94. The molecule has 1 aliphatic rings. The number of hydrogen-bond acceptors (Lipinski definition) is 4. The van der Waals surface area contributed by atoms with Crippen LogP contribution < -0.4 is 14.8 Å². The fraction of sp³-hybridized carbons (Fsp3) is 0.647. The zero-order valence-electron chi connectivity index (χ0n) is 13.2. The van der Waals surface area contributed by atoms with E-state index in [1.807, 2.05) is 12.1 Å². The zero-order chi connectivity index (χ0) is 14.9. The van der Waals surface area contributed by atoms with E-state index >= 15 is 0 Å². The summed E-state index contributed by atoms with van der Waals surface area (Å²) in [4.78, 5) is 0. The van der Waals surface area contributed by atoms with Gasteiger partial charge in [-0.05, 0) is 37.0 Å². The van der Waals surface area contributed by atoms with Crippen molar-refractivity contribution in [1.29, 1.82) is 0 Å². The molecule has 0 heterocycles. The first-order valence-electron chi connectivity index (χ1n) is 7.94. The van der Waals surface area contributed by atoms with Gasteiger partial charge in [-0.25, -0.2) is 0 Å². The summed E-state index contributed by atoms with van der Waals surface area (Å²) in [5.41, 5.74) is 1.23. The summed E-state index contributed by atoms with van der Waals surface area (Å²) in [5.74, 6) is 1.57. The molecule has 118 valence electrons. The quantitative estimate of drug-likeness (QED) is 0.636.